The first-order valence-corrected chi connectivity index (χ1v) is 18.7. The van der Waals surface area contributed by atoms with Gasteiger partial charge in [-0.3, -0.25) is 9.69 Å². The van der Waals surface area contributed by atoms with Crippen LogP contribution in [0.4, 0.5) is 32.4 Å². The molecule has 58 heavy (non-hydrogen) atoms. The molecule has 2 fully saturated rings. The van der Waals surface area contributed by atoms with E-state index in [0.717, 1.165) is 13.0 Å². The van der Waals surface area contributed by atoms with Crippen molar-refractivity contribution in [2.24, 2.45) is 0 Å². The third kappa shape index (κ3) is 7.70. The van der Waals surface area contributed by atoms with Gasteiger partial charge >= 0.3 is 12.3 Å². The summed E-state index contributed by atoms with van der Waals surface area (Å²) < 4.78 is 126. The van der Waals surface area contributed by atoms with Crippen molar-refractivity contribution in [3.05, 3.63) is 100 Å². The summed E-state index contributed by atoms with van der Waals surface area (Å²) in [5, 5.41) is 0. The van der Waals surface area contributed by atoms with Crippen LogP contribution in [0.5, 0.6) is 17.4 Å². The fourth-order valence-electron chi connectivity index (χ4n) is 8.10. The zero-order valence-electron chi connectivity index (χ0n) is 35.7. The lowest BCUT2D eigenvalue weighted by Crippen LogP contribution is -2.65. The van der Waals surface area contributed by atoms with Crippen LogP contribution in [0.1, 0.15) is 77.2 Å². The fraction of sp³-hybridized carbons (Fsp3) is 0.419. The molecule has 0 unspecified atom stereocenters. The Morgan fingerprint density at radius 2 is 1.55 bits per heavy atom. The van der Waals surface area contributed by atoms with Gasteiger partial charge < -0.3 is 28.7 Å². The predicted octanol–water partition coefficient (Wildman–Crippen LogP) is 8.95. The third-order valence-corrected chi connectivity index (χ3v) is 10.7. The molecule has 308 valence electrons. The Balaban J connectivity index is 1.36. The van der Waals surface area contributed by atoms with Gasteiger partial charge in [-0.15, -0.1) is 0 Å². The number of aromatic nitrogens is 1. The third-order valence-electron chi connectivity index (χ3n) is 10.7. The second-order valence-electron chi connectivity index (χ2n) is 15.7. The van der Waals surface area contributed by atoms with Crippen LogP contribution in [0.15, 0.2) is 60.7 Å². The molecule has 3 aromatic carbocycles. The van der Waals surface area contributed by atoms with E-state index in [1.54, 1.807) is 69.3 Å². The number of fused-ring (bicyclic) bond motifs is 5. The van der Waals surface area contributed by atoms with Gasteiger partial charge in [0.2, 0.25) is 5.88 Å². The molecular weight excluding hydrogens is 763 g/mol. The molecule has 2 saturated heterocycles. The Labute approximate surface area is 337 Å². The first kappa shape index (κ1) is 36.7. The van der Waals surface area contributed by atoms with Crippen LogP contribution in [0.2, 0.25) is 0 Å². The molecule has 2 amide bonds. The van der Waals surface area contributed by atoms with E-state index in [2.05, 4.69) is 4.98 Å². The highest BCUT2D eigenvalue weighted by atomic mass is 19.4. The second kappa shape index (κ2) is 15.3. The maximum absolute atomic E-state index is 16.6. The van der Waals surface area contributed by atoms with Gasteiger partial charge in [0.15, 0.2) is 5.82 Å². The van der Waals surface area contributed by atoms with Gasteiger partial charge in [0.1, 0.15) is 40.3 Å². The first-order valence-electron chi connectivity index (χ1n) is 20.2. The van der Waals surface area contributed by atoms with Crippen LogP contribution in [-0.2, 0) is 24.0 Å². The first-order chi connectivity index (χ1) is 28.6. The van der Waals surface area contributed by atoms with E-state index in [-0.39, 0.29) is 31.7 Å². The number of piperazine rings is 1. The molecule has 7 rings (SSSR count). The Morgan fingerprint density at radius 3 is 2.09 bits per heavy atom. The number of hydrogen-bond acceptors (Lipinski definition) is 8. The maximum atomic E-state index is 16.6. The van der Waals surface area contributed by atoms with Crippen molar-refractivity contribution in [2.45, 2.75) is 96.5 Å². The van der Waals surface area contributed by atoms with Crippen molar-refractivity contribution in [3.8, 4) is 28.6 Å². The van der Waals surface area contributed by atoms with E-state index in [0.29, 0.717) is 35.1 Å². The number of carbonyl (C=O) groups excluding carboxylic acids is 2. The number of amides is 2. The van der Waals surface area contributed by atoms with E-state index < -0.39 is 100 Å². The SMILES string of the molecule is [2H]C([2H])([2H])[C@H]1Oc2nc(-c3cc(N(Cc4ccc(OC)cc4)Cc4ccc(OC)cc4)c(F)c(C)c3C(F)(F)F)c(F)cc2C(=O)N2C[C@H]3CC[C@@H]([C@@H]12)N3C(=O)OC(C)(C)C. The van der Waals surface area contributed by atoms with Crippen molar-refractivity contribution in [2.75, 3.05) is 25.7 Å². The predicted molar refractivity (Wildman–Crippen MR) is 205 cm³/mol. The average Bonchev–Trinajstić information content (AvgIpc) is 3.44. The lowest BCUT2D eigenvalue weighted by atomic mass is 9.95. The molecule has 10 nitrogen and oxygen atoms in total. The molecule has 4 aromatic rings. The Kier molecular flexibility index (Phi) is 9.68. The standard InChI is InChI=1S/C43H45F5N4O6/c1-23-35(43(46,47)48)30(19-34(36(23)45)50(20-25-8-13-28(55-6)14-9-25)21-26-10-15-29(56-7)16-11-26)37-32(44)18-31-39(49-37)57-24(2)38-33-17-12-27(22-51(38)40(31)53)52(33)41(54)58-42(3,4)5/h8-11,13-16,18-19,24,27,33,38H,12,17,20-22H2,1-7H3/t24-,27-,33+,38-/m1/s1/i2D3. The number of ether oxygens (including phenoxy) is 4. The van der Waals surface area contributed by atoms with Gasteiger partial charge in [0.25, 0.3) is 5.91 Å². The van der Waals surface area contributed by atoms with Crippen LogP contribution in [0.3, 0.4) is 0 Å². The summed E-state index contributed by atoms with van der Waals surface area (Å²) in [6, 6.07) is 12.4. The number of anilines is 1. The Bertz CT molecular complexity index is 2270. The lowest BCUT2D eigenvalue weighted by molar-refractivity contribution is -0.137. The normalized spacial score (nSPS) is 21.2. The van der Waals surface area contributed by atoms with Crippen LogP contribution in [0, 0.1) is 18.6 Å². The number of pyridine rings is 1. The number of hydrogen-bond donors (Lipinski definition) is 0. The fourth-order valence-corrected chi connectivity index (χ4v) is 8.10. The summed E-state index contributed by atoms with van der Waals surface area (Å²) >= 11 is 0. The minimum Gasteiger partial charge on any atom is -0.497 e. The molecule has 1 aromatic heterocycles. The molecular formula is C43H45F5N4O6. The zero-order chi connectivity index (χ0) is 44.3. The van der Waals surface area contributed by atoms with Gasteiger partial charge in [-0.1, -0.05) is 24.3 Å². The molecule has 0 spiro atoms. The van der Waals surface area contributed by atoms with Crippen molar-refractivity contribution in [3.63, 3.8) is 0 Å². The van der Waals surface area contributed by atoms with Crippen LogP contribution in [0.25, 0.3) is 11.3 Å². The second-order valence-corrected chi connectivity index (χ2v) is 15.7. The summed E-state index contributed by atoms with van der Waals surface area (Å²) in [7, 11) is 2.97. The van der Waals surface area contributed by atoms with Gasteiger partial charge in [-0.05, 0) is 100 Å². The average molecular weight is 812 g/mol. The molecule has 3 aliphatic rings. The van der Waals surface area contributed by atoms with Crippen molar-refractivity contribution in [1.82, 2.24) is 14.8 Å². The van der Waals surface area contributed by atoms with Gasteiger partial charge in [0, 0.05) is 29.3 Å². The van der Waals surface area contributed by atoms with Gasteiger partial charge in [-0.2, -0.15) is 13.2 Å². The van der Waals surface area contributed by atoms with Crippen molar-refractivity contribution >= 4 is 17.7 Å². The maximum Gasteiger partial charge on any atom is 0.417 e. The van der Waals surface area contributed by atoms with Crippen molar-refractivity contribution in [1.29, 1.82) is 0 Å². The minimum absolute atomic E-state index is 0.0190. The Morgan fingerprint density at radius 1 is 0.948 bits per heavy atom. The number of rotatable bonds is 8. The number of methoxy groups -OCH3 is 2. The smallest absolute Gasteiger partial charge is 0.417 e. The Hall–Kier alpha value is -5.60. The highest BCUT2D eigenvalue weighted by molar-refractivity contribution is 5.98. The highest BCUT2D eigenvalue weighted by Crippen LogP contribution is 2.46. The molecule has 0 aliphatic carbocycles. The molecule has 4 heterocycles. The quantitative estimate of drug-likeness (QED) is 0.163. The molecule has 4 atom stereocenters. The number of benzene rings is 3. The summed E-state index contributed by atoms with van der Waals surface area (Å²) in [5.74, 6) is -3.10. The molecule has 2 bridgehead atoms. The van der Waals surface area contributed by atoms with Gasteiger partial charge in [0.05, 0.1) is 43.6 Å². The summed E-state index contributed by atoms with van der Waals surface area (Å²) in [6.45, 7) is 2.80. The van der Waals surface area contributed by atoms with E-state index in [4.69, 9.17) is 23.1 Å². The van der Waals surface area contributed by atoms with E-state index in [9.17, 15) is 9.59 Å². The number of nitrogens with zero attached hydrogens (tertiary/aromatic N) is 4. The topological polar surface area (TPSA) is 93.7 Å². The molecule has 0 N–H and O–H groups in total. The summed E-state index contributed by atoms with van der Waals surface area (Å²) in [5.41, 5.74) is -4.64. The van der Waals surface area contributed by atoms with Crippen LogP contribution < -0.4 is 19.1 Å². The highest BCUT2D eigenvalue weighted by Gasteiger charge is 2.54. The van der Waals surface area contributed by atoms with Crippen LogP contribution >= 0.6 is 0 Å². The largest absolute Gasteiger partial charge is 0.497 e. The van der Waals surface area contributed by atoms with E-state index >= 15 is 22.0 Å². The van der Waals surface area contributed by atoms with E-state index in [1.807, 2.05) is 0 Å². The molecule has 0 saturated carbocycles. The molecule has 15 heteroatoms. The monoisotopic (exact) mass is 811 g/mol. The summed E-state index contributed by atoms with van der Waals surface area (Å²) in [6.07, 6.45) is -7.10. The number of halogens is 5. The number of carbonyl (C=O) groups is 2. The van der Waals surface area contributed by atoms with Crippen LogP contribution in [-0.4, -0.2) is 77.4 Å². The van der Waals surface area contributed by atoms with E-state index in [1.165, 1.54) is 28.9 Å². The molecule has 3 aliphatic heterocycles. The lowest BCUT2D eigenvalue weighted by Gasteiger charge is -2.47. The zero-order valence-corrected chi connectivity index (χ0v) is 32.7. The minimum atomic E-state index is -5.24. The van der Waals surface area contributed by atoms with Gasteiger partial charge in [-0.25, -0.2) is 18.6 Å². The van der Waals surface area contributed by atoms with Crippen molar-refractivity contribution < 1.29 is 54.6 Å². The number of alkyl halides is 3. The summed E-state index contributed by atoms with van der Waals surface area (Å²) in [4.78, 5) is 36.1. The molecule has 0 radical (unpaired) electrons.